The number of carbonyl (C=O) groups excluding carboxylic acids is 1. The van der Waals surface area contributed by atoms with Gasteiger partial charge in [-0.25, -0.2) is 0 Å². The van der Waals surface area contributed by atoms with Gasteiger partial charge in [0, 0.05) is 11.8 Å². The van der Waals surface area contributed by atoms with Gasteiger partial charge in [0.1, 0.15) is 11.7 Å². The van der Waals surface area contributed by atoms with Gasteiger partial charge in [-0.3, -0.25) is 14.9 Å². The number of benzene rings is 2. The summed E-state index contributed by atoms with van der Waals surface area (Å²) < 4.78 is -1.88. The molecule has 0 heterocycles. The van der Waals surface area contributed by atoms with E-state index in [1.54, 1.807) is 30.3 Å². The molecule has 2 rings (SSSR count). The molecule has 24 heavy (non-hydrogen) atoms. The fourth-order valence-electron chi connectivity index (χ4n) is 1.93. The smallest absolute Gasteiger partial charge is 0.282 e. The lowest BCUT2D eigenvalue weighted by Crippen LogP contribution is -2.49. The van der Waals surface area contributed by atoms with Crippen molar-refractivity contribution in [3.63, 3.8) is 0 Å². The number of amides is 1. The summed E-state index contributed by atoms with van der Waals surface area (Å²) in [6.07, 6.45) is -1.10. The van der Waals surface area contributed by atoms with Gasteiger partial charge < -0.3 is 10.6 Å². The molecule has 0 aliphatic carbocycles. The van der Waals surface area contributed by atoms with Crippen LogP contribution in [0.2, 0.25) is 0 Å². The number of carbonyl (C=O) groups is 1. The highest BCUT2D eigenvalue weighted by Crippen LogP contribution is 2.31. The van der Waals surface area contributed by atoms with Crippen LogP contribution in [0.25, 0.3) is 0 Å². The molecule has 0 saturated carbocycles. The van der Waals surface area contributed by atoms with Crippen molar-refractivity contribution >= 4 is 52.1 Å². The van der Waals surface area contributed by atoms with Gasteiger partial charge in [-0.05, 0) is 18.2 Å². The number of rotatable bonds is 5. The standard InChI is InChI=1S/C15H12Cl3N3O3/c16-15(17,18)14(19-10-6-2-1-3-7-10)20-13(22)11-8-4-5-9-12(11)21(23)24/h1-9,14,19H,(H,20,22)/t14-/m0/s1. The van der Waals surface area contributed by atoms with Gasteiger partial charge in [-0.2, -0.15) is 0 Å². The molecular formula is C15H12Cl3N3O3. The summed E-state index contributed by atoms with van der Waals surface area (Å²) in [5.74, 6) is -0.734. The molecule has 0 aliphatic heterocycles. The van der Waals surface area contributed by atoms with Gasteiger partial charge >= 0.3 is 0 Å². The molecule has 0 saturated heterocycles. The highest BCUT2D eigenvalue weighted by atomic mass is 35.6. The van der Waals surface area contributed by atoms with Crippen LogP contribution >= 0.6 is 34.8 Å². The largest absolute Gasteiger partial charge is 0.362 e. The number of nitrogens with zero attached hydrogens (tertiary/aromatic N) is 1. The third kappa shape index (κ3) is 4.74. The predicted molar refractivity (Wildman–Crippen MR) is 94.7 cm³/mol. The van der Waals surface area contributed by atoms with Crippen molar-refractivity contribution in [1.29, 1.82) is 0 Å². The number of hydrogen-bond acceptors (Lipinski definition) is 4. The highest BCUT2D eigenvalue weighted by molar-refractivity contribution is 6.68. The Bertz CT molecular complexity index is 735. The number of nitro groups is 1. The highest BCUT2D eigenvalue weighted by Gasteiger charge is 2.35. The summed E-state index contributed by atoms with van der Waals surface area (Å²) >= 11 is 17.7. The number of nitrogens with one attached hydrogen (secondary N) is 2. The van der Waals surface area contributed by atoms with Crippen molar-refractivity contribution < 1.29 is 9.72 Å². The quantitative estimate of drug-likeness (QED) is 0.349. The summed E-state index contributed by atoms with van der Waals surface area (Å²) in [7, 11) is 0. The third-order valence-corrected chi connectivity index (χ3v) is 3.69. The van der Waals surface area contributed by atoms with Crippen LogP contribution in [0.3, 0.4) is 0 Å². The molecule has 0 fully saturated rings. The maximum atomic E-state index is 12.4. The monoisotopic (exact) mass is 387 g/mol. The van der Waals surface area contributed by atoms with Crippen molar-refractivity contribution in [2.24, 2.45) is 0 Å². The van der Waals surface area contributed by atoms with Crippen LogP contribution in [0.4, 0.5) is 11.4 Å². The summed E-state index contributed by atoms with van der Waals surface area (Å²) in [5, 5.41) is 16.4. The Hall–Kier alpha value is -2.02. The number of anilines is 1. The molecule has 0 unspecified atom stereocenters. The first-order valence-electron chi connectivity index (χ1n) is 6.71. The van der Waals surface area contributed by atoms with E-state index in [2.05, 4.69) is 10.6 Å². The van der Waals surface area contributed by atoms with Crippen molar-refractivity contribution in [2.75, 3.05) is 5.32 Å². The van der Waals surface area contributed by atoms with Gasteiger partial charge in [0.15, 0.2) is 0 Å². The number of hydrogen-bond donors (Lipinski definition) is 2. The number of para-hydroxylation sites is 2. The second kappa shape index (κ2) is 7.70. The molecule has 0 aromatic heterocycles. The molecule has 2 N–H and O–H groups in total. The molecule has 126 valence electrons. The van der Waals surface area contributed by atoms with Crippen LogP contribution in [0.15, 0.2) is 54.6 Å². The summed E-state index contributed by atoms with van der Waals surface area (Å²) in [4.78, 5) is 22.8. The molecular weight excluding hydrogens is 377 g/mol. The molecule has 1 amide bonds. The molecule has 2 aromatic carbocycles. The fourth-order valence-corrected chi connectivity index (χ4v) is 2.26. The first-order valence-corrected chi connectivity index (χ1v) is 7.85. The van der Waals surface area contributed by atoms with Gasteiger partial charge in [0.05, 0.1) is 4.92 Å². The van der Waals surface area contributed by atoms with Crippen LogP contribution in [0.5, 0.6) is 0 Å². The molecule has 2 aromatic rings. The predicted octanol–water partition coefficient (Wildman–Crippen LogP) is 4.13. The second-order valence-electron chi connectivity index (χ2n) is 4.73. The SMILES string of the molecule is O=C(N[C@H](Nc1ccccc1)C(Cl)(Cl)Cl)c1ccccc1[N+](=O)[O-]. The van der Waals surface area contributed by atoms with Crippen molar-refractivity contribution in [3.05, 3.63) is 70.3 Å². The van der Waals surface area contributed by atoms with Gasteiger partial charge in [-0.1, -0.05) is 65.1 Å². The summed E-state index contributed by atoms with van der Waals surface area (Å²) in [6, 6.07) is 14.3. The fraction of sp³-hybridized carbons (Fsp3) is 0.133. The average molecular weight is 389 g/mol. The molecule has 0 bridgehead atoms. The Morgan fingerprint density at radius 3 is 2.21 bits per heavy atom. The van der Waals surface area contributed by atoms with E-state index >= 15 is 0 Å². The minimum atomic E-state index is -1.88. The Morgan fingerprint density at radius 1 is 1.04 bits per heavy atom. The van der Waals surface area contributed by atoms with Crippen molar-refractivity contribution in [2.45, 2.75) is 9.96 Å². The zero-order chi connectivity index (χ0) is 17.7. The normalized spacial score (nSPS) is 12.3. The maximum Gasteiger partial charge on any atom is 0.282 e. The van der Waals surface area contributed by atoms with E-state index < -0.39 is 20.8 Å². The van der Waals surface area contributed by atoms with Gasteiger partial charge in [0.2, 0.25) is 3.79 Å². The number of halogens is 3. The van der Waals surface area contributed by atoms with Crippen LogP contribution in [-0.2, 0) is 0 Å². The number of alkyl halides is 3. The Kier molecular flexibility index (Phi) is 5.88. The molecule has 1 atom stereocenters. The first kappa shape index (κ1) is 18.3. The third-order valence-electron chi connectivity index (χ3n) is 3.03. The van der Waals surface area contributed by atoms with Crippen LogP contribution in [0, 0.1) is 10.1 Å². The van der Waals surface area contributed by atoms with Crippen LogP contribution < -0.4 is 10.6 Å². The molecule has 0 aliphatic rings. The molecule has 0 spiro atoms. The van der Waals surface area contributed by atoms with Crippen molar-refractivity contribution in [3.8, 4) is 0 Å². The topological polar surface area (TPSA) is 84.3 Å². The van der Waals surface area contributed by atoms with E-state index in [-0.39, 0.29) is 11.3 Å². The van der Waals surface area contributed by atoms with E-state index in [9.17, 15) is 14.9 Å². The Labute approximate surface area is 152 Å². The lowest BCUT2D eigenvalue weighted by Gasteiger charge is -2.27. The minimum Gasteiger partial charge on any atom is -0.362 e. The molecule has 6 nitrogen and oxygen atoms in total. The van der Waals surface area contributed by atoms with E-state index in [1.165, 1.54) is 24.3 Å². The van der Waals surface area contributed by atoms with E-state index in [1.807, 2.05) is 0 Å². The lowest BCUT2D eigenvalue weighted by molar-refractivity contribution is -0.385. The van der Waals surface area contributed by atoms with E-state index in [0.717, 1.165) is 0 Å². The van der Waals surface area contributed by atoms with Crippen LogP contribution in [-0.4, -0.2) is 20.8 Å². The Balaban J connectivity index is 2.24. The zero-order valence-corrected chi connectivity index (χ0v) is 14.3. The van der Waals surface area contributed by atoms with E-state index in [4.69, 9.17) is 34.8 Å². The van der Waals surface area contributed by atoms with Gasteiger partial charge in [-0.15, -0.1) is 0 Å². The lowest BCUT2D eigenvalue weighted by atomic mass is 10.1. The Morgan fingerprint density at radius 2 is 1.62 bits per heavy atom. The average Bonchev–Trinajstić information content (AvgIpc) is 2.54. The van der Waals surface area contributed by atoms with Gasteiger partial charge in [0.25, 0.3) is 11.6 Å². The minimum absolute atomic E-state index is 0.128. The molecule has 9 heteroatoms. The van der Waals surface area contributed by atoms with Crippen LogP contribution in [0.1, 0.15) is 10.4 Å². The summed E-state index contributed by atoms with van der Waals surface area (Å²) in [5.41, 5.74) is 0.145. The maximum absolute atomic E-state index is 12.4. The summed E-state index contributed by atoms with van der Waals surface area (Å²) in [6.45, 7) is 0. The second-order valence-corrected chi connectivity index (χ2v) is 7.10. The van der Waals surface area contributed by atoms with Crippen molar-refractivity contribution in [1.82, 2.24) is 5.32 Å². The molecule has 0 radical (unpaired) electrons. The first-order chi connectivity index (χ1) is 11.3. The van der Waals surface area contributed by atoms with E-state index in [0.29, 0.717) is 5.69 Å². The zero-order valence-electron chi connectivity index (χ0n) is 12.1. The number of nitro benzene ring substituents is 1.